The SMILES string of the molecule is Cc1cc(N)nc(-c2cc3nc(OC[C@@H]4CCCN4C)nc4c3c(c2Cl)OC[C@@H]2CN(C(=O)CC[C@@]3(C)CCCN3)CCN42)c1C(F)(F)F. The van der Waals surface area contributed by atoms with Crippen molar-refractivity contribution in [2.45, 2.75) is 76.2 Å². The molecule has 4 aliphatic heterocycles. The minimum Gasteiger partial charge on any atom is -0.489 e. The number of benzene rings is 1. The van der Waals surface area contributed by atoms with Crippen molar-refractivity contribution in [1.82, 2.24) is 30.1 Å². The van der Waals surface area contributed by atoms with Gasteiger partial charge in [0.25, 0.3) is 0 Å². The highest BCUT2D eigenvalue weighted by molar-refractivity contribution is 6.36. The van der Waals surface area contributed by atoms with Gasteiger partial charge in [-0.05, 0) is 83.8 Å². The van der Waals surface area contributed by atoms with E-state index in [4.69, 9.17) is 36.8 Å². The van der Waals surface area contributed by atoms with Gasteiger partial charge < -0.3 is 35.2 Å². The van der Waals surface area contributed by atoms with Gasteiger partial charge in [-0.2, -0.15) is 23.1 Å². The van der Waals surface area contributed by atoms with Crippen LogP contribution >= 0.6 is 11.6 Å². The molecule has 6 heterocycles. The molecule has 15 heteroatoms. The predicted octanol–water partition coefficient (Wildman–Crippen LogP) is 5.06. The van der Waals surface area contributed by atoms with E-state index < -0.39 is 17.4 Å². The van der Waals surface area contributed by atoms with Crippen LogP contribution in [-0.2, 0) is 11.0 Å². The summed E-state index contributed by atoms with van der Waals surface area (Å²) in [6.45, 7) is 7.27. The number of nitrogens with zero attached hydrogens (tertiary/aromatic N) is 6. The fraction of sp³-hybridized carbons (Fsp3) is 0.588. The summed E-state index contributed by atoms with van der Waals surface area (Å²) in [7, 11) is 2.04. The Morgan fingerprint density at radius 1 is 1.20 bits per heavy atom. The summed E-state index contributed by atoms with van der Waals surface area (Å²) in [5, 5.41) is 3.95. The summed E-state index contributed by atoms with van der Waals surface area (Å²) in [4.78, 5) is 33.3. The molecule has 7 rings (SSSR count). The number of nitrogen functional groups attached to an aromatic ring is 1. The van der Waals surface area contributed by atoms with E-state index in [1.54, 1.807) is 0 Å². The van der Waals surface area contributed by atoms with Gasteiger partial charge >= 0.3 is 12.2 Å². The largest absolute Gasteiger partial charge is 0.489 e. The number of amides is 1. The summed E-state index contributed by atoms with van der Waals surface area (Å²) < 4.78 is 55.9. The standard InChI is InChI=1S/C34H42ClF3N8O3/c1-19-14-24(39)42-29(27(19)34(36,37)38)22-15-23-26-30(28(22)35)48-18-21-16-45(25(47)7-9-33(2)8-5-10-40-33)12-13-46(21)31(26)43-32(41-23)49-17-20-6-4-11-44(20)3/h14-15,20-21,40H,4-13,16-18H2,1-3H3,(H2,39,42)/t20-,21-,33+/m0/s1. The highest BCUT2D eigenvalue weighted by Gasteiger charge is 2.40. The van der Waals surface area contributed by atoms with Crippen molar-refractivity contribution in [2.24, 2.45) is 0 Å². The average molecular weight is 703 g/mol. The predicted molar refractivity (Wildman–Crippen MR) is 181 cm³/mol. The van der Waals surface area contributed by atoms with Crippen LogP contribution in [0.25, 0.3) is 22.2 Å². The number of fused-ring (bicyclic) bond motifs is 2. The van der Waals surface area contributed by atoms with Crippen molar-refractivity contribution in [3.63, 3.8) is 0 Å². The van der Waals surface area contributed by atoms with Gasteiger partial charge in [0.1, 0.15) is 24.8 Å². The maximum atomic E-state index is 14.5. The second kappa shape index (κ2) is 12.9. The quantitative estimate of drug-likeness (QED) is 0.346. The van der Waals surface area contributed by atoms with Crippen molar-refractivity contribution in [3.8, 4) is 23.0 Å². The monoisotopic (exact) mass is 702 g/mol. The molecule has 0 spiro atoms. The molecule has 49 heavy (non-hydrogen) atoms. The molecular weight excluding hydrogens is 661 g/mol. The Morgan fingerprint density at radius 2 is 2.02 bits per heavy atom. The number of anilines is 2. The topological polar surface area (TPSA) is 122 Å². The molecule has 1 aromatic carbocycles. The number of halogens is 4. The summed E-state index contributed by atoms with van der Waals surface area (Å²) >= 11 is 6.97. The van der Waals surface area contributed by atoms with Gasteiger partial charge in [-0.3, -0.25) is 4.79 Å². The second-order valence-corrected chi connectivity index (χ2v) is 14.4. The number of nitrogens with two attached hydrogens (primary N) is 1. The normalized spacial score (nSPS) is 24.2. The Hall–Kier alpha value is -3.62. The molecule has 3 atom stereocenters. The molecule has 264 valence electrons. The minimum atomic E-state index is -4.73. The molecule has 2 aromatic heterocycles. The van der Waals surface area contributed by atoms with Crippen molar-refractivity contribution >= 4 is 40.0 Å². The van der Waals surface area contributed by atoms with Gasteiger partial charge in [-0.1, -0.05) is 11.6 Å². The average Bonchev–Trinajstić information content (AvgIpc) is 3.63. The summed E-state index contributed by atoms with van der Waals surface area (Å²) in [6.07, 6.45) is 0.659. The highest BCUT2D eigenvalue weighted by atomic mass is 35.5. The van der Waals surface area contributed by atoms with Crippen LogP contribution < -0.4 is 25.4 Å². The fourth-order valence-corrected chi connectivity index (χ4v) is 8.08. The smallest absolute Gasteiger partial charge is 0.418 e. The van der Waals surface area contributed by atoms with Gasteiger partial charge in [0.15, 0.2) is 5.75 Å². The molecule has 3 aromatic rings. The van der Waals surface area contributed by atoms with E-state index in [1.165, 1.54) is 19.1 Å². The molecule has 0 aliphatic carbocycles. The Bertz CT molecular complexity index is 1770. The van der Waals surface area contributed by atoms with Crippen molar-refractivity contribution in [2.75, 3.05) is 63.6 Å². The van der Waals surface area contributed by atoms with Crippen LogP contribution in [0.1, 0.15) is 56.6 Å². The summed E-state index contributed by atoms with van der Waals surface area (Å²) in [6, 6.07) is 2.67. The Balaban J connectivity index is 1.27. The lowest BCUT2D eigenvalue weighted by Gasteiger charge is -2.41. The molecule has 11 nitrogen and oxygen atoms in total. The van der Waals surface area contributed by atoms with Crippen LogP contribution in [0.3, 0.4) is 0 Å². The zero-order valence-corrected chi connectivity index (χ0v) is 28.8. The number of ether oxygens (including phenoxy) is 2. The third-order valence-electron chi connectivity index (χ3n) is 10.6. The number of carbonyl (C=O) groups excluding carboxylic acids is 1. The van der Waals surface area contributed by atoms with E-state index in [0.717, 1.165) is 45.2 Å². The Kier molecular flexibility index (Phi) is 8.93. The van der Waals surface area contributed by atoms with Crippen LogP contribution in [0, 0.1) is 6.92 Å². The van der Waals surface area contributed by atoms with E-state index in [2.05, 4.69) is 27.0 Å². The van der Waals surface area contributed by atoms with Crippen LogP contribution in [0.4, 0.5) is 24.8 Å². The number of rotatable bonds is 7. The molecular formula is C34H42ClF3N8O3. The number of piperazine rings is 1. The molecule has 0 bridgehead atoms. The van der Waals surface area contributed by atoms with Crippen LogP contribution in [0.5, 0.6) is 11.8 Å². The van der Waals surface area contributed by atoms with E-state index in [0.29, 0.717) is 49.4 Å². The van der Waals surface area contributed by atoms with Gasteiger partial charge in [0.05, 0.1) is 33.2 Å². The number of nitrogens with one attached hydrogen (secondary N) is 1. The number of carbonyl (C=O) groups is 1. The third kappa shape index (κ3) is 6.54. The van der Waals surface area contributed by atoms with E-state index >= 15 is 0 Å². The first kappa shape index (κ1) is 33.9. The zero-order valence-electron chi connectivity index (χ0n) is 28.0. The van der Waals surface area contributed by atoms with Gasteiger partial charge in [0, 0.05) is 43.2 Å². The highest BCUT2D eigenvalue weighted by Crippen LogP contribution is 2.49. The van der Waals surface area contributed by atoms with Crippen LogP contribution in [0.15, 0.2) is 12.1 Å². The number of likely N-dealkylation sites (tertiary alicyclic amines) is 1. The van der Waals surface area contributed by atoms with Crippen LogP contribution in [-0.4, -0.2) is 101 Å². The number of pyridine rings is 1. The number of hydrogen-bond acceptors (Lipinski definition) is 10. The maximum absolute atomic E-state index is 14.5. The lowest BCUT2D eigenvalue weighted by molar-refractivity contribution is -0.137. The van der Waals surface area contributed by atoms with E-state index in [-0.39, 0.29) is 63.9 Å². The third-order valence-corrected chi connectivity index (χ3v) is 10.9. The minimum absolute atomic E-state index is 0.0105. The van der Waals surface area contributed by atoms with Gasteiger partial charge in [0.2, 0.25) is 5.91 Å². The molecule has 1 amide bonds. The lowest BCUT2D eigenvalue weighted by atomic mass is 9.93. The van der Waals surface area contributed by atoms with Gasteiger partial charge in [-0.25, -0.2) is 4.98 Å². The molecule has 3 N–H and O–H groups in total. The maximum Gasteiger partial charge on any atom is 0.418 e. The first-order chi connectivity index (χ1) is 23.3. The fourth-order valence-electron chi connectivity index (χ4n) is 7.79. The molecule has 3 saturated heterocycles. The second-order valence-electron chi connectivity index (χ2n) is 14.1. The number of aromatic nitrogens is 3. The number of likely N-dealkylation sites (N-methyl/N-ethyl adjacent to an activating group) is 1. The Morgan fingerprint density at radius 3 is 2.73 bits per heavy atom. The number of aryl methyl sites for hydroxylation is 1. The summed E-state index contributed by atoms with van der Waals surface area (Å²) in [5.41, 5.74) is 4.82. The van der Waals surface area contributed by atoms with Crippen molar-refractivity contribution < 1.29 is 27.4 Å². The first-order valence-electron chi connectivity index (χ1n) is 17.0. The Labute approximate surface area is 288 Å². The molecule has 3 fully saturated rings. The number of hydrogen-bond donors (Lipinski definition) is 2. The van der Waals surface area contributed by atoms with Crippen molar-refractivity contribution in [1.29, 1.82) is 0 Å². The molecule has 4 aliphatic rings. The zero-order chi connectivity index (χ0) is 34.7. The first-order valence-corrected chi connectivity index (χ1v) is 17.3. The molecule has 0 unspecified atom stereocenters. The number of alkyl halides is 3. The molecule has 0 radical (unpaired) electrons. The summed E-state index contributed by atoms with van der Waals surface area (Å²) in [5.74, 6) is 0.676. The van der Waals surface area contributed by atoms with Crippen LogP contribution in [0.2, 0.25) is 5.02 Å². The van der Waals surface area contributed by atoms with E-state index in [9.17, 15) is 18.0 Å². The van der Waals surface area contributed by atoms with Crippen molar-refractivity contribution in [3.05, 3.63) is 28.3 Å². The molecule has 0 saturated carbocycles. The van der Waals surface area contributed by atoms with Gasteiger partial charge in [-0.15, -0.1) is 0 Å². The van der Waals surface area contributed by atoms with E-state index in [1.807, 2.05) is 11.9 Å². The lowest BCUT2D eigenvalue weighted by Crippen LogP contribution is -2.57.